The molecule has 1 atom stereocenters. The van der Waals surface area contributed by atoms with Crippen LogP contribution in [0.25, 0.3) is 0 Å². The van der Waals surface area contributed by atoms with Crippen LogP contribution in [0.2, 0.25) is 0 Å². The third kappa shape index (κ3) is 4.60. The van der Waals surface area contributed by atoms with E-state index in [0.717, 1.165) is 17.0 Å². The topological polar surface area (TPSA) is 86.8 Å². The summed E-state index contributed by atoms with van der Waals surface area (Å²) in [5.41, 5.74) is -1.53. The Kier molecular flexibility index (Phi) is 5.68. The van der Waals surface area contributed by atoms with E-state index in [-0.39, 0.29) is 24.1 Å². The standard InChI is InChI=1S/C20H21F2N5OS/c1-19(2,3)17-6-13(8-23)18(29-17)25-9-20(28,10-27-12-24-11-26-27)15-5-4-14(21)7-16(15)22/h4-7,11-12,25,28H,9-10H2,1-3H3. The van der Waals surface area contributed by atoms with E-state index in [0.29, 0.717) is 10.6 Å². The second-order valence-electron chi connectivity index (χ2n) is 7.82. The molecule has 0 aliphatic heterocycles. The summed E-state index contributed by atoms with van der Waals surface area (Å²) in [4.78, 5) is 4.84. The maximum atomic E-state index is 14.5. The summed E-state index contributed by atoms with van der Waals surface area (Å²) in [6.45, 7) is 5.90. The first-order valence-electron chi connectivity index (χ1n) is 8.91. The van der Waals surface area contributed by atoms with E-state index in [1.54, 1.807) is 0 Å². The number of rotatable bonds is 6. The molecule has 0 bridgehead atoms. The Morgan fingerprint density at radius 3 is 2.62 bits per heavy atom. The second kappa shape index (κ2) is 7.89. The van der Waals surface area contributed by atoms with Crippen LogP contribution in [0.3, 0.4) is 0 Å². The predicted octanol–water partition coefficient (Wildman–Crippen LogP) is 3.79. The van der Waals surface area contributed by atoms with Crippen LogP contribution in [0.15, 0.2) is 36.9 Å². The minimum Gasteiger partial charge on any atom is -0.381 e. The lowest BCUT2D eigenvalue weighted by atomic mass is 9.92. The van der Waals surface area contributed by atoms with Gasteiger partial charge in [-0.1, -0.05) is 26.8 Å². The predicted molar refractivity (Wildman–Crippen MR) is 107 cm³/mol. The summed E-state index contributed by atoms with van der Waals surface area (Å²) in [5.74, 6) is -1.60. The molecule has 0 radical (unpaired) electrons. The van der Waals surface area contributed by atoms with Gasteiger partial charge in [0.25, 0.3) is 0 Å². The van der Waals surface area contributed by atoms with Gasteiger partial charge in [0, 0.05) is 16.5 Å². The third-order valence-corrected chi connectivity index (χ3v) is 5.97. The lowest BCUT2D eigenvalue weighted by Gasteiger charge is -2.29. The average molecular weight is 417 g/mol. The first kappa shape index (κ1) is 20.9. The highest BCUT2D eigenvalue weighted by Gasteiger charge is 2.34. The molecule has 0 spiro atoms. The minimum atomic E-state index is -1.76. The molecule has 3 aromatic rings. The Labute approximate surface area is 171 Å². The molecule has 2 N–H and O–H groups in total. The van der Waals surface area contributed by atoms with Gasteiger partial charge in [0.2, 0.25) is 0 Å². The first-order valence-corrected chi connectivity index (χ1v) is 9.72. The maximum absolute atomic E-state index is 14.5. The molecule has 2 aromatic heterocycles. The summed E-state index contributed by atoms with van der Waals surface area (Å²) in [7, 11) is 0. The molecule has 2 heterocycles. The molecule has 0 amide bonds. The van der Waals surface area contributed by atoms with Gasteiger partial charge in [0.15, 0.2) is 0 Å². The molecule has 6 nitrogen and oxygen atoms in total. The average Bonchev–Trinajstić information content (AvgIpc) is 3.28. The Hall–Kier alpha value is -2.83. The molecular formula is C20H21F2N5OS. The fraction of sp³-hybridized carbons (Fsp3) is 0.350. The fourth-order valence-electron chi connectivity index (χ4n) is 2.89. The highest BCUT2D eigenvalue weighted by atomic mass is 32.1. The maximum Gasteiger partial charge on any atom is 0.137 e. The molecule has 1 unspecified atom stereocenters. The van der Waals surface area contributed by atoms with Crippen molar-refractivity contribution in [3.8, 4) is 6.07 Å². The summed E-state index contributed by atoms with van der Waals surface area (Å²) >= 11 is 1.41. The number of nitrogens with zero attached hydrogens (tertiary/aromatic N) is 4. The number of nitriles is 1. The molecule has 3 rings (SSSR count). The van der Waals surface area contributed by atoms with Crippen molar-refractivity contribution >= 4 is 16.3 Å². The van der Waals surface area contributed by atoms with Crippen molar-refractivity contribution in [2.45, 2.75) is 38.3 Å². The third-order valence-electron chi connectivity index (χ3n) is 4.46. The zero-order valence-electron chi connectivity index (χ0n) is 16.3. The van der Waals surface area contributed by atoms with Crippen LogP contribution in [-0.4, -0.2) is 26.4 Å². The van der Waals surface area contributed by atoms with Crippen molar-refractivity contribution in [3.05, 3.63) is 64.6 Å². The molecular weight excluding hydrogens is 396 g/mol. The van der Waals surface area contributed by atoms with Gasteiger partial charge in [-0.05, 0) is 17.5 Å². The highest BCUT2D eigenvalue weighted by molar-refractivity contribution is 7.16. The Morgan fingerprint density at radius 1 is 1.28 bits per heavy atom. The lowest BCUT2D eigenvalue weighted by Crippen LogP contribution is -2.39. The highest BCUT2D eigenvalue weighted by Crippen LogP contribution is 2.36. The summed E-state index contributed by atoms with van der Waals surface area (Å²) < 4.78 is 29.2. The fourth-order valence-corrected chi connectivity index (χ4v) is 3.95. The summed E-state index contributed by atoms with van der Waals surface area (Å²) in [5, 5.41) is 28.4. The number of benzene rings is 1. The van der Waals surface area contributed by atoms with Crippen LogP contribution in [0.5, 0.6) is 0 Å². The second-order valence-corrected chi connectivity index (χ2v) is 8.87. The zero-order valence-corrected chi connectivity index (χ0v) is 17.1. The first-order chi connectivity index (χ1) is 13.6. The number of aliphatic hydroxyl groups is 1. The monoisotopic (exact) mass is 417 g/mol. The Morgan fingerprint density at radius 2 is 2.03 bits per heavy atom. The lowest BCUT2D eigenvalue weighted by molar-refractivity contribution is 0.0248. The largest absolute Gasteiger partial charge is 0.381 e. The molecule has 1 aromatic carbocycles. The van der Waals surface area contributed by atoms with Crippen LogP contribution < -0.4 is 5.32 Å². The SMILES string of the molecule is CC(C)(C)c1cc(C#N)c(NCC(O)(Cn2cncn2)c2ccc(F)cc2F)s1. The Bertz CT molecular complexity index is 1040. The smallest absolute Gasteiger partial charge is 0.137 e. The van der Waals surface area contributed by atoms with Gasteiger partial charge in [-0.15, -0.1) is 11.3 Å². The molecule has 0 saturated carbocycles. The van der Waals surface area contributed by atoms with Gasteiger partial charge >= 0.3 is 0 Å². The van der Waals surface area contributed by atoms with Gasteiger partial charge in [-0.2, -0.15) is 10.4 Å². The molecule has 0 fully saturated rings. The normalized spacial score (nSPS) is 13.7. The van der Waals surface area contributed by atoms with Gasteiger partial charge in [-0.3, -0.25) is 0 Å². The van der Waals surface area contributed by atoms with Gasteiger partial charge in [0.05, 0.1) is 18.7 Å². The molecule has 0 saturated heterocycles. The van der Waals surface area contributed by atoms with Crippen molar-refractivity contribution in [2.24, 2.45) is 0 Å². The van der Waals surface area contributed by atoms with Crippen LogP contribution in [0, 0.1) is 23.0 Å². The molecule has 0 aliphatic rings. The van der Waals surface area contributed by atoms with Gasteiger partial charge in [-0.25, -0.2) is 18.4 Å². The number of halogens is 2. The quantitative estimate of drug-likeness (QED) is 0.637. The van der Waals surface area contributed by atoms with Crippen molar-refractivity contribution in [1.82, 2.24) is 14.8 Å². The van der Waals surface area contributed by atoms with E-state index in [1.165, 1.54) is 34.7 Å². The number of hydrogen-bond donors (Lipinski definition) is 2. The number of thiophene rings is 1. The number of aromatic nitrogens is 3. The molecule has 152 valence electrons. The molecule has 9 heteroatoms. The summed E-state index contributed by atoms with van der Waals surface area (Å²) in [6.07, 6.45) is 2.70. The van der Waals surface area contributed by atoms with E-state index < -0.39 is 17.2 Å². The van der Waals surface area contributed by atoms with Crippen molar-refractivity contribution in [3.63, 3.8) is 0 Å². The van der Waals surface area contributed by atoms with E-state index in [1.807, 2.05) is 26.8 Å². The van der Waals surface area contributed by atoms with E-state index in [2.05, 4.69) is 21.5 Å². The van der Waals surface area contributed by atoms with E-state index in [9.17, 15) is 19.1 Å². The van der Waals surface area contributed by atoms with E-state index >= 15 is 0 Å². The number of nitrogens with one attached hydrogen (secondary N) is 1. The van der Waals surface area contributed by atoms with Crippen LogP contribution >= 0.6 is 11.3 Å². The molecule has 0 aliphatic carbocycles. The van der Waals surface area contributed by atoms with Crippen LogP contribution in [0.1, 0.15) is 36.8 Å². The zero-order chi connectivity index (χ0) is 21.2. The van der Waals surface area contributed by atoms with Crippen LogP contribution in [0.4, 0.5) is 13.8 Å². The van der Waals surface area contributed by atoms with Gasteiger partial charge in [0.1, 0.15) is 41.0 Å². The number of anilines is 1. The van der Waals surface area contributed by atoms with Crippen molar-refractivity contribution < 1.29 is 13.9 Å². The minimum absolute atomic E-state index is 0.0759. The molecule has 29 heavy (non-hydrogen) atoms. The van der Waals surface area contributed by atoms with Crippen molar-refractivity contribution in [1.29, 1.82) is 5.26 Å². The van der Waals surface area contributed by atoms with Crippen molar-refractivity contribution in [2.75, 3.05) is 11.9 Å². The Balaban J connectivity index is 1.94. The van der Waals surface area contributed by atoms with Crippen LogP contribution in [-0.2, 0) is 17.6 Å². The van der Waals surface area contributed by atoms with E-state index in [4.69, 9.17) is 0 Å². The van der Waals surface area contributed by atoms with Gasteiger partial charge < -0.3 is 10.4 Å². The summed E-state index contributed by atoms with van der Waals surface area (Å²) in [6, 6.07) is 6.98. The number of hydrogen-bond acceptors (Lipinski definition) is 6.